The molecule has 0 saturated carbocycles. The van der Waals surface area contributed by atoms with Gasteiger partial charge in [-0.1, -0.05) is 34.8 Å². The Morgan fingerprint density at radius 3 is 2.57 bits per heavy atom. The monoisotopic (exact) mass is 365 g/mol. The number of aromatic nitrogens is 1. The van der Waals surface area contributed by atoms with Gasteiger partial charge in [0.15, 0.2) is 5.82 Å². The Labute approximate surface area is 137 Å². The van der Waals surface area contributed by atoms with Gasteiger partial charge in [-0.3, -0.25) is 4.72 Å². The zero-order chi connectivity index (χ0) is 15.6. The molecule has 0 spiro atoms. The van der Waals surface area contributed by atoms with Gasteiger partial charge in [-0.2, -0.15) is 0 Å². The van der Waals surface area contributed by atoms with Gasteiger partial charge in [-0.05, 0) is 29.8 Å². The summed E-state index contributed by atoms with van der Waals surface area (Å²) in [6, 6.07) is 5.84. The van der Waals surface area contributed by atoms with Crippen LogP contribution >= 0.6 is 34.8 Å². The minimum Gasteiger partial charge on any atom is -0.326 e. The van der Waals surface area contributed by atoms with Gasteiger partial charge in [0.25, 0.3) is 10.0 Å². The summed E-state index contributed by atoms with van der Waals surface area (Å²) in [7, 11) is -3.99. The lowest BCUT2D eigenvalue weighted by Crippen LogP contribution is -2.15. The van der Waals surface area contributed by atoms with Gasteiger partial charge in [-0.25, -0.2) is 13.4 Å². The first-order valence-electron chi connectivity index (χ1n) is 5.66. The van der Waals surface area contributed by atoms with E-state index < -0.39 is 10.0 Å². The average molecular weight is 367 g/mol. The molecule has 0 aliphatic heterocycles. The Morgan fingerprint density at radius 1 is 1.24 bits per heavy atom. The maximum absolute atomic E-state index is 12.4. The van der Waals surface area contributed by atoms with E-state index in [2.05, 4.69) is 9.71 Å². The topological polar surface area (TPSA) is 85.1 Å². The quantitative estimate of drug-likeness (QED) is 0.869. The predicted molar refractivity (Wildman–Crippen MR) is 84.4 cm³/mol. The Kier molecular flexibility index (Phi) is 4.95. The predicted octanol–water partition coefficient (Wildman–Crippen LogP) is 3.30. The van der Waals surface area contributed by atoms with Gasteiger partial charge in [0.1, 0.15) is 4.90 Å². The number of nitrogens with one attached hydrogen (secondary N) is 1. The van der Waals surface area contributed by atoms with Crippen molar-refractivity contribution in [1.29, 1.82) is 0 Å². The van der Waals surface area contributed by atoms with E-state index in [0.29, 0.717) is 5.56 Å². The number of pyridine rings is 1. The van der Waals surface area contributed by atoms with Crippen LogP contribution in [-0.4, -0.2) is 13.4 Å². The molecular weight excluding hydrogens is 357 g/mol. The van der Waals surface area contributed by atoms with Crippen LogP contribution in [0.25, 0.3) is 0 Å². The SMILES string of the molecule is NCc1cc(Cl)cc(S(=O)(=O)Nc2ncccc2Cl)c1Cl. The number of benzene rings is 1. The largest absolute Gasteiger partial charge is 0.326 e. The van der Waals surface area contributed by atoms with Gasteiger partial charge in [0, 0.05) is 17.8 Å². The van der Waals surface area contributed by atoms with Crippen molar-refractivity contribution in [2.75, 3.05) is 4.72 Å². The maximum atomic E-state index is 12.4. The molecule has 1 aromatic heterocycles. The molecule has 21 heavy (non-hydrogen) atoms. The van der Waals surface area contributed by atoms with Crippen molar-refractivity contribution >= 4 is 50.6 Å². The van der Waals surface area contributed by atoms with Gasteiger partial charge in [0.2, 0.25) is 0 Å². The molecule has 0 aliphatic rings. The second-order valence-corrected chi connectivity index (χ2v) is 6.89. The van der Waals surface area contributed by atoms with E-state index in [1.54, 1.807) is 6.07 Å². The molecule has 0 radical (unpaired) electrons. The Hall–Kier alpha value is -1.05. The Bertz CT molecular complexity index is 781. The van der Waals surface area contributed by atoms with E-state index in [1.807, 2.05) is 0 Å². The van der Waals surface area contributed by atoms with Crippen molar-refractivity contribution in [2.45, 2.75) is 11.4 Å². The van der Waals surface area contributed by atoms with E-state index >= 15 is 0 Å². The third-order valence-electron chi connectivity index (χ3n) is 2.58. The normalized spacial score (nSPS) is 11.4. The lowest BCUT2D eigenvalue weighted by molar-refractivity contribution is 0.601. The van der Waals surface area contributed by atoms with E-state index in [1.165, 1.54) is 24.4 Å². The maximum Gasteiger partial charge on any atom is 0.264 e. The molecular formula is C12H10Cl3N3O2S. The number of anilines is 1. The van der Waals surface area contributed by atoms with Gasteiger partial charge < -0.3 is 5.73 Å². The Morgan fingerprint density at radius 2 is 1.95 bits per heavy atom. The summed E-state index contributed by atoms with van der Waals surface area (Å²) in [5.74, 6) is 0.00417. The first kappa shape index (κ1) is 16.3. The molecule has 0 atom stereocenters. The lowest BCUT2D eigenvalue weighted by Gasteiger charge is -2.12. The van der Waals surface area contributed by atoms with Crippen LogP contribution in [0.3, 0.4) is 0 Å². The molecule has 0 bridgehead atoms. The minimum atomic E-state index is -3.99. The third kappa shape index (κ3) is 3.59. The molecule has 9 heteroatoms. The number of nitrogens with zero attached hydrogens (tertiary/aromatic N) is 1. The van der Waals surface area contributed by atoms with Crippen LogP contribution in [0.5, 0.6) is 0 Å². The first-order valence-corrected chi connectivity index (χ1v) is 8.28. The number of halogens is 3. The Balaban J connectivity index is 2.50. The molecule has 0 aliphatic carbocycles. The van der Waals surface area contributed by atoms with Crippen molar-refractivity contribution in [1.82, 2.24) is 4.98 Å². The van der Waals surface area contributed by atoms with Crippen LogP contribution in [0.1, 0.15) is 5.56 Å². The van der Waals surface area contributed by atoms with Crippen molar-refractivity contribution in [2.24, 2.45) is 5.73 Å². The van der Waals surface area contributed by atoms with Crippen molar-refractivity contribution < 1.29 is 8.42 Å². The summed E-state index contributed by atoms with van der Waals surface area (Å²) in [6.45, 7) is 0.0618. The fraction of sp³-hybridized carbons (Fsp3) is 0.0833. The number of hydrogen-bond acceptors (Lipinski definition) is 4. The smallest absolute Gasteiger partial charge is 0.264 e. The second-order valence-electron chi connectivity index (χ2n) is 4.02. The van der Waals surface area contributed by atoms with E-state index in [9.17, 15) is 8.42 Å². The van der Waals surface area contributed by atoms with Crippen LogP contribution in [0.2, 0.25) is 15.1 Å². The fourth-order valence-corrected chi connectivity index (χ4v) is 3.80. The zero-order valence-electron chi connectivity index (χ0n) is 10.5. The number of sulfonamides is 1. The van der Waals surface area contributed by atoms with E-state index in [4.69, 9.17) is 40.5 Å². The summed E-state index contributed by atoms with van der Waals surface area (Å²) in [5.41, 5.74) is 5.94. The molecule has 0 unspecified atom stereocenters. The van der Waals surface area contributed by atoms with E-state index in [0.717, 1.165) is 0 Å². The zero-order valence-corrected chi connectivity index (χ0v) is 13.6. The second kappa shape index (κ2) is 6.37. The average Bonchev–Trinajstić information content (AvgIpc) is 2.43. The molecule has 3 N–H and O–H groups in total. The molecule has 2 rings (SSSR count). The summed E-state index contributed by atoms with van der Waals surface area (Å²) in [5, 5.41) is 0.395. The summed E-state index contributed by atoms with van der Waals surface area (Å²) in [4.78, 5) is 3.68. The molecule has 0 fully saturated rings. The van der Waals surface area contributed by atoms with Crippen LogP contribution in [-0.2, 0) is 16.6 Å². The lowest BCUT2D eigenvalue weighted by atomic mass is 10.2. The molecule has 1 heterocycles. The molecule has 112 valence electrons. The third-order valence-corrected chi connectivity index (χ3v) is 5.02. The number of hydrogen-bond donors (Lipinski definition) is 2. The van der Waals surface area contributed by atoms with Crippen LogP contribution < -0.4 is 10.5 Å². The highest BCUT2D eigenvalue weighted by molar-refractivity contribution is 7.92. The summed E-state index contributed by atoms with van der Waals surface area (Å²) in [6.07, 6.45) is 1.41. The standard InChI is InChI=1S/C12H10Cl3N3O2S/c13-8-4-7(6-16)11(15)10(5-8)21(19,20)18-12-9(14)2-1-3-17-12/h1-5H,6,16H2,(H,17,18). The summed E-state index contributed by atoms with van der Waals surface area (Å²) < 4.78 is 27.1. The number of rotatable bonds is 4. The first-order chi connectivity index (χ1) is 9.85. The van der Waals surface area contributed by atoms with Crippen LogP contribution in [0, 0.1) is 0 Å². The van der Waals surface area contributed by atoms with Crippen LogP contribution in [0.15, 0.2) is 35.4 Å². The molecule has 0 saturated heterocycles. The minimum absolute atomic E-state index is 0.00417. The van der Waals surface area contributed by atoms with Crippen LogP contribution in [0.4, 0.5) is 5.82 Å². The summed E-state index contributed by atoms with van der Waals surface area (Å²) >= 11 is 17.8. The highest BCUT2D eigenvalue weighted by atomic mass is 35.5. The van der Waals surface area contributed by atoms with Gasteiger partial charge in [0.05, 0.1) is 10.0 Å². The molecule has 5 nitrogen and oxygen atoms in total. The van der Waals surface area contributed by atoms with Crippen molar-refractivity contribution in [3.63, 3.8) is 0 Å². The molecule has 1 aromatic carbocycles. The molecule has 0 amide bonds. The van der Waals surface area contributed by atoms with Gasteiger partial charge in [-0.15, -0.1) is 0 Å². The fourth-order valence-electron chi connectivity index (χ4n) is 1.61. The van der Waals surface area contributed by atoms with E-state index in [-0.39, 0.29) is 32.3 Å². The van der Waals surface area contributed by atoms with Crippen molar-refractivity contribution in [3.8, 4) is 0 Å². The number of nitrogens with two attached hydrogens (primary N) is 1. The van der Waals surface area contributed by atoms with Crippen molar-refractivity contribution in [3.05, 3.63) is 51.1 Å². The molecule has 2 aromatic rings. The van der Waals surface area contributed by atoms with Gasteiger partial charge >= 0.3 is 0 Å². The highest BCUT2D eigenvalue weighted by Gasteiger charge is 2.22. The highest BCUT2D eigenvalue weighted by Crippen LogP contribution is 2.31.